The summed E-state index contributed by atoms with van der Waals surface area (Å²) in [6.45, 7) is 0. The summed E-state index contributed by atoms with van der Waals surface area (Å²) in [6, 6.07) is 5.40. The molecule has 0 unspecified atom stereocenters. The highest BCUT2D eigenvalue weighted by molar-refractivity contribution is 5.44. The number of hydrogen-bond donors (Lipinski definition) is 2. The lowest BCUT2D eigenvalue weighted by molar-refractivity contribution is -0.274. The first kappa shape index (κ1) is 17.9. The SMILES string of the molecule is N[C@H](c1ccc(OC(F)(F)F)cc1)c1cc(C(F)(F)F)ccc1O. The molecule has 2 aromatic rings. The van der Waals surface area contributed by atoms with Crippen molar-refractivity contribution in [3.8, 4) is 11.5 Å². The molecule has 3 N–H and O–H groups in total. The zero-order valence-electron chi connectivity index (χ0n) is 11.8. The number of alkyl halides is 6. The van der Waals surface area contributed by atoms with Crippen molar-refractivity contribution in [2.45, 2.75) is 18.6 Å². The van der Waals surface area contributed by atoms with Gasteiger partial charge in [0.15, 0.2) is 0 Å². The summed E-state index contributed by atoms with van der Waals surface area (Å²) >= 11 is 0. The van der Waals surface area contributed by atoms with Crippen LogP contribution in [-0.4, -0.2) is 11.5 Å². The van der Waals surface area contributed by atoms with Gasteiger partial charge in [0.05, 0.1) is 11.6 Å². The first-order chi connectivity index (χ1) is 11.0. The van der Waals surface area contributed by atoms with E-state index in [0.29, 0.717) is 12.1 Å². The molecule has 0 fully saturated rings. The van der Waals surface area contributed by atoms with Gasteiger partial charge in [0, 0.05) is 5.56 Å². The molecule has 0 aliphatic carbocycles. The average Bonchev–Trinajstić information content (AvgIpc) is 2.45. The Morgan fingerprint density at radius 1 is 0.917 bits per heavy atom. The summed E-state index contributed by atoms with van der Waals surface area (Å²) in [5, 5.41) is 9.72. The second kappa shape index (κ2) is 6.23. The predicted molar refractivity (Wildman–Crippen MR) is 72.3 cm³/mol. The van der Waals surface area contributed by atoms with Crippen LogP contribution < -0.4 is 10.5 Å². The third-order valence-corrected chi connectivity index (χ3v) is 3.16. The van der Waals surface area contributed by atoms with Gasteiger partial charge in [-0.25, -0.2) is 0 Å². The monoisotopic (exact) mass is 351 g/mol. The number of halogens is 6. The molecule has 2 aromatic carbocycles. The standard InChI is InChI=1S/C15H11F6NO2/c16-14(17,18)9-3-6-12(23)11(7-9)13(22)8-1-4-10(5-2-8)24-15(19,20)21/h1-7,13,23H,22H2/t13-/m1/s1. The van der Waals surface area contributed by atoms with Gasteiger partial charge in [0.1, 0.15) is 11.5 Å². The van der Waals surface area contributed by atoms with E-state index in [1.807, 2.05) is 0 Å². The molecule has 2 rings (SSSR count). The fourth-order valence-corrected chi connectivity index (χ4v) is 2.04. The zero-order valence-corrected chi connectivity index (χ0v) is 11.8. The van der Waals surface area contributed by atoms with Crippen LogP contribution in [0, 0.1) is 0 Å². The lowest BCUT2D eigenvalue weighted by Gasteiger charge is -2.17. The maximum absolute atomic E-state index is 12.7. The van der Waals surface area contributed by atoms with E-state index < -0.39 is 35.6 Å². The van der Waals surface area contributed by atoms with E-state index in [-0.39, 0.29) is 11.1 Å². The largest absolute Gasteiger partial charge is 0.573 e. The molecule has 1 atom stereocenters. The molecule has 0 saturated carbocycles. The van der Waals surface area contributed by atoms with E-state index >= 15 is 0 Å². The molecular formula is C15H11F6NO2. The van der Waals surface area contributed by atoms with Gasteiger partial charge in [0.25, 0.3) is 0 Å². The number of benzene rings is 2. The van der Waals surface area contributed by atoms with Crippen LogP contribution in [0.4, 0.5) is 26.3 Å². The molecule has 0 aliphatic heterocycles. The molecule has 0 saturated heterocycles. The van der Waals surface area contributed by atoms with Crippen LogP contribution in [0.1, 0.15) is 22.7 Å². The number of phenolic OH excluding ortho intramolecular Hbond substituents is 1. The van der Waals surface area contributed by atoms with Crippen LogP contribution in [-0.2, 0) is 6.18 Å². The lowest BCUT2D eigenvalue weighted by Crippen LogP contribution is -2.17. The van der Waals surface area contributed by atoms with Crippen molar-refractivity contribution in [3.05, 3.63) is 59.2 Å². The van der Waals surface area contributed by atoms with E-state index in [2.05, 4.69) is 4.74 Å². The maximum atomic E-state index is 12.7. The Labute approximate surface area is 132 Å². The first-order valence-corrected chi connectivity index (χ1v) is 6.49. The Balaban J connectivity index is 2.30. The van der Waals surface area contributed by atoms with E-state index in [4.69, 9.17) is 5.73 Å². The van der Waals surface area contributed by atoms with Gasteiger partial charge in [-0.05, 0) is 35.9 Å². The highest BCUT2D eigenvalue weighted by Gasteiger charge is 2.32. The summed E-state index contributed by atoms with van der Waals surface area (Å²) in [5.41, 5.74) is 4.83. The number of phenols is 1. The van der Waals surface area contributed by atoms with Crippen molar-refractivity contribution in [1.29, 1.82) is 0 Å². The van der Waals surface area contributed by atoms with Gasteiger partial charge in [-0.1, -0.05) is 12.1 Å². The fourth-order valence-electron chi connectivity index (χ4n) is 2.04. The van der Waals surface area contributed by atoms with E-state index in [9.17, 15) is 31.4 Å². The van der Waals surface area contributed by atoms with Crippen molar-refractivity contribution in [3.63, 3.8) is 0 Å². The summed E-state index contributed by atoms with van der Waals surface area (Å²) in [4.78, 5) is 0. The Kier molecular flexibility index (Phi) is 4.66. The minimum atomic E-state index is -4.86. The quantitative estimate of drug-likeness (QED) is 0.808. The molecule has 0 heterocycles. The van der Waals surface area contributed by atoms with Crippen molar-refractivity contribution in [2.24, 2.45) is 5.73 Å². The third kappa shape index (κ3) is 4.31. The fraction of sp³-hybridized carbons (Fsp3) is 0.200. The number of nitrogens with two attached hydrogens (primary N) is 1. The number of hydrogen-bond acceptors (Lipinski definition) is 3. The Bertz CT molecular complexity index is 709. The normalized spacial score (nSPS) is 13.6. The molecular weight excluding hydrogens is 340 g/mol. The van der Waals surface area contributed by atoms with Crippen LogP contribution in [0.15, 0.2) is 42.5 Å². The molecule has 0 bridgehead atoms. The maximum Gasteiger partial charge on any atom is 0.573 e. The van der Waals surface area contributed by atoms with Gasteiger partial charge in [-0.2, -0.15) is 13.2 Å². The van der Waals surface area contributed by atoms with Crippen LogP contribution in [0.3, 0.4) is 0 Å². The zero-order chi connectivity index (χ0) is 18.1. The number of rotatable bonds is 3. The average molecular weight is 351 g/mol. The Morgan fingerprint density at radius 2 is 1.50 bits per heavy atom. The van der Waals surface area contributed by atoms with Crippen LogP contribution >= 0.6 is 0 Å². The van der Waals surface area contributed by atoms with Crippen LogP contribution in [0.5, 0.6) is 11.5 Å². The lowest BCUT2D eigenvalue weighted by atomic mass is 9.97. The molecule has 3 nitrogen and oxygen atoms in total. The summed E-state index contributed by atoms with van der Waals surface area (Å²) in [6.07, 6.45) is -9.48. The topological polar surface area (TPSA) is 55.5 Å². The Morgan fingerprint density at radius 3 is 2.00 bits per heavy atom. The first-order valence-electron chi connectivity index (χ1n) is 6.49. The second-order valence-electron chi connectivity index (χ2n) is 4.87. The highest BCUT2D eigenvalue weighted by Crippen LogP contribution is 2.36. The highest BCUT2D eigenvalue weighted by atomic mass is 19.4. The molecule has 0 radical (unpaired) electrons. The summed E-state index contributed by atoms with van der Waals surface area (Å²) in [7, 11) is 0. The molecule has 24 heavy (non-hydrogen) atoms. The Hall–Kier alpha value is -2.42. The van der Waals surface area contributed by atoms with E-state index in [1.165, 1.54) is 12.1 Å². The molecule has 0 spiro atoms. The van der Waals surface area contributed by atoms with Gasteiger partial charge >= 0.3 is 12.5 Å². The smallest absolute Gasteiger partial charge is 0.508 e. The second-order valence-corrected chi connectivity index (χ2v) is 4.87. The minimum absolute atomic E-state index is 0.200. The van der Waals surface area contributed by atoms with Crippen molar-refractivity contribution < 1.29 is 36.2 Å². The molecule has 130 valence electrons. The minimum Gasteiger partial charge on any atom is -0.508 e. The van der Waals surface area contributed by atoms with Gasteiger partial charge in [-0.15, -0.1) is 13.2 Å². The molecule has 0 aromatic heterocycles. The third-order valence-electron chi connectivity index (χ3n) is 3.16. The number of ether oxygens (including phenoxy) is 1. The number of aromatic hydroxyl groups is 1. The van der Waals surface area contributed by atoms with Gasteiger partial charge < -0.3 is 15.6 Å². The summed E-state index contributed by atoms with van der Waals surface area (Å²) in [5.74, 6) is -0.946. The van der Waals surface area contributed by atoms with E-state index in [0.717, 1.165) is 18.2 Å². The molecule has 0 aliphatic rings. The van der Waals surface area contributed by atoms with Crippen molar-refractivity contribution >= 4 is 0 Å². The molecule has 9 heteroatoms. The van der Waals surface area contributed by atoms with Crippen LogP contribution in [0.2, 0.25) is 0 Å². The van der Waals surface area contributed by atoms with E-state index in [1.54, 1.807) is 0 Å². The van der Waals surface area contributed by atoms with Gasteiger partial charge in [0.2, 0.25) is 0 Å². The van der Waals surface area contributed by atoms with Crippen LogP contribution in [0.25, 0.3) is 0 Å². The van der Waals surface area contributed by atoms with Crippen molar-refractivity contribution in [1.82, 2.24) is 0 Å². The predicted octanol–water partition coefficient (Wildman–Crippen LogP) is 4.36. The van der Waals surface area contributed by atoms with Crippen molar-refractivity contribution in [2.75, 3.05) is 0 Å². The van der Waals surface area contributed by atoms with Gasteiger partial charge in [-0.3, -0.25) is 0 Å². The molecule has 0 amide bonds. The summed E-state index contributed by atoms with van der Waals surface area (Å²) < 4.78 is 78.1.